The van der Waals surface area contributed by atoms with Crippen molar-refractivity contribution in [3.63, 3.8) is 0 Å². The zero-order valence-electron chi connectivity index (χ0n) is 14.4. The number of aryl methyl sites for hydroxylation is 3. The highest BCUT2D eigenvalue weighted by Gasteiger charge is 2.13. The van der Waals surface area contributed by atoms with E-state index in [0.717, 1.165) is 39.3 Å². The molecule has 0 aliphatic rings. The Labute approximate surface area is 155 Å². The molecule has 1 N–H and O–H groups in total. The standard InChI is InChI=1S/C17H19N5OS2/c1-5-6-22-13(4)20-21-17(22)24-9-15(23)19-16-11(2)7-14(25-10-18)8-12(16)3/h5,7-8H,1,6,9H2,2-4H3,(H,19,23). The van der Waals surface area contributed by atoms with Gasteiger partial charge < -0.3 is 9.88 Å². The summed E-state index contributed by atoms with van der Waals surface area (Å²) in [6.45, 7) is 10.0. The van der Waals surface area contributed by atoms with Crippen molar-refractivity contribution in [2.45, 2.75) is 37.4 Å². The Kier molecular flexibility index (Phi) is 6.67. The van der Waals surface area contributed by atoms with Crippen LogP contribution in [0.5, 0.6) is 0 Å². The first-order valence-corrected chi connectivity index (χ1v) is 9.37. The highest BCUT2D eigenvalue weighted by Crippen LogP contribution is 2.28. The van der Waals surface area contributed by atoms with Gasteiger partial charge in [-0.2, -0.15) is 5.26 Å². The van der Waals surface area contributed by atoms with Crippen LogP contribution in [0.1, 0.15) is 17.0 Å². The van der Waals surface area contributed by atoms with E-state index in [4.69, 9.17) is 5.26 Å². The predicted molar refractivity (Wildman–Crippen MR) is 102 cm³/mol. The van der Waals surface area contributed by atoms with Crippen LogP contribution in [0.15, 0.2) is 34.8 Å². The number of amides is 1. The van der Waals surface area contributed by atoms with E-state index in [-0.39, 0.29) is 11.7 Å². The van der Waals surface area contributed by atoms with Gasteiger partial charge in [-0.15, -0.1) is 16.8 Å². The van der Waals surface area contributed by atoms with E-state index in [1.807, 2.05) is 37.5 Å². The van der Waals surface area contributed by atoms with Crippen LogP contribution in [-0.4, -0.2) is 26.4 Å². The normalized spacial score (nSPS) is 10.3. The van der Waals surface area contributed by atoms with Gasteiger partial charge in [0.05, 0.1) is 5.75 Å². The van der Waals surface area contributed by atoms with E-state index in [1.165, 1.54) is 11.8 Å². The lowest BCUT2D eigenvalue weighted by molar-refractivity contribution is -0.113. The van der Waals surface area contributed by atoms with E-state index in [9.17, 15) is 4.79 Å². The molecule has 0 bridgehead atoms. The molecular weight excluding hydrogens is 354 g/mol. The summed E-state index contributed by atoms with van der Waals surface area (Å²) in [5.41, 5.74) is 2.65. The molecular formula is C17H19N5OS2. The largest absolute Gasteiger partial charge is 0.325 e. The van der Waals surface area contributed by atoms with Gasteiger partial charge in [0.25, 0.3) is 0 Å². The van der Waals surface area contributed by atoms with Gasteiger partial charge in [-0.25, -0.2) is 0 Å². The van der Waals surface area contributed by atoms with Crippen molar-refractivity contribution in [3.05, 3.63) is 41.7 Å². The molecule has 0 aliphatic heterocycles. The highest BCUT2D eigenvalue weighted by molar-refractivity contribution is 8.03. The van der Waals surface area contributed by atoms with Gasteiger partial charge in [0.2, 0.25) is 5.91 Å². The van der Waals surface area contributed by atoms with Gasteiger partial charge in [0.15, 0.2) is 5.16 Å². The third kappa shape index (κ3) is 4.87. The number of aromatic nitrogens is 3. The SMILES string of the molecule is C=CCn1c(C)nnc1SCC(=O)Nc1c(C)cc(SC#N)cc1C. The molecule has 1 aromatic carbocycles. The second-order valence-corrected chi connectivity index (χ2v) is 7.19. The lowest BCUT2D eigenvalue weighted by Crippen LogP contribution is -2.16. The molecule has 0 radical (unpaired) electrons. The summed E-state index contributed by atoms with van der Waals surface area (Å²) in [5.74, 6) is 0.922. The van der Waals surface area contributed by atoms with Crippen molar-refractivity contribution in [1.82, 2.24) is 14.8 Å². The quantitative estimate of drug-likeness (QED) is 0.453. The van der Waals surface area contributed by atoms with Crippen molar-refractivity contribution in [3.8, 4) is 5.40 Å². The molecule has 8 heteroatoms. The Morgan fingerprint density at radius 3 is 2.64 bits per heavy atom. The van der Waals surface area contributed by atoms with Gasteiger partial charge >= 0.3 is 0 Å². The number of thioether (sulfide) groups is 2. The predicted octanol–water partition coefficient (Wildman–Crippen LogP) is 3.69. The topological polar surface area (TPSA) is 83.6 Å². The molecule has 130 valence electrons. The molecule has 2 aromatic rings. The van der Waals surface area contributed by atoms with Crippen LogP contribution in [0.4, 0.5) is 5.69 Å². The van der Waals surface area contributed by atoms with Crippen LogP contribution in [0.3, 0.4) is 0 Å². The Balaban J connectivity index is 2.04. The maximum Gasteiger partial charge on any atom is 0.234 e. The van der Waals surface area contributed by atoms with Crippen LogP contribution in [0.2, 0.25) is 0 Å². The second kappa shape index (κ2) is 8.74. The third-order valence-corrected chi connectivity index (χ3v) is 5.01. The van der Waals surface area contributed by atoms with Crippen molar-refractivity contribution < 1.29 is 4.79 Å². The lowest BCUT2D eigenvalue weighted by Gasteiger charge is -2.13. The van der Waals surface area contributed by atoms with Crippen molar-refractivity contribution in [2.75, 3.05) is 11.1 Å². The number of carbonyl (C=O) groups excluding carboxylic acids is 1. The molecule has 0 spiro atoms. The lowest BCUT2D eigenvalue weighted by atomic mass is 10.1. The number of benzene rings is 1. The highest BCUT2D eigenvalue weighted by atomic mass is 32.2. The van der Waals surface area contributed by atoms with Crippen LogP contribution in [-0.2, 0) is 11.3 Å². The molecule has 6 nitrogen and oxygen atoms in total. The third-order valence-electron chi connectivity index (χ3n) is 3.48. The molecule has 0 atom stereocenters. The molecule has 1 heterocycles. The number of nitriles is 1. The summed E-state index contributed by atoms with van der Waals surface area (Å²) in [5, 5.41) is 22.6. The van der Waals surface area contributed by atoms with Gasteiger partial charge in [-0.05, 0) is 55.8 Å². The fourth-order valence-corrected chi connectivity index (χ4v) is 3.72. The summed E-state index contributed by atoms with van der Waals surface area (Å²) >= 11 is 2.45. The minimum atomic E-state index is -0.109. The molecule has 1 aromatic heterocycles. The van der Waals surface area contributed by atoms with Crippen LogP contribution in [0, 0.1) is 31.4 Å². The summed E-state index contributed by atoms with van der Waals surface area (Å²) in [6.07, 6.45) is 1.77. The number of hydrogen-bond acceptors (Lipinski definition) is 6. The zero-order chi connectivity index (χ0) is 18.4. The monoisotopic (exact) mass is 373 g/mol. The summed E-state index contributed by atoms with van der Waals surface area (Å²) in [6, 6.07) is 3.79. The van der Waals surface area contributed by atoms with Crippen molar-refractivity contribution in [1.29, 1.82) is 5.26 Å². The molecule has 0 fully saturated rings. The first-order chi connectivity index (χ1) is 12.0. The number of nitrogens with one attached hydrogen (secondary N) is 1. The van der Waals surface area contributed by atoms with Gasteiger partial charge in [0.1, 0.15) is 11.2 Å². The summed E-state index contributed by atoms with van der Waals surface area (Å²) < 4.78 is 1.91. The van der Waals surface area contributed by atoms with E-state index < -0.39 is 0 Å². The van der Waals surface area contributed by atoms with Crippen molar-refractivity contribution in [2.24, 2.45) is 0 Å². The second-order valence-electron chi connectivity index (χ2n) is 5.39. The molecule has 1 amide bonds. The fourth-order valence-electron chi connectivity index (χ4n) is 2.35. The molecule has 0 saturated heterocycles. The number of nitrogens with zero attached hydrogens (tertiary/aromatic N) is 4. The number of carbonyl (C=O) groups is 1. The first-order valence-electron chi connectivity index (χ1n) is 7.56. The van der Waals surface area contributed by atoms with E-state index in [2.05, 4.69) is 27.5 Å². The van der Waals surface area contributed by atoms with E-state index in [0.29, 0.717) is 11.7 Å². The van der Waals surface area contributed by atoms with Crippen molar-refractivity contribution >= 4 is 35.1 Å². The summed E-state index contributed by atoms with van der Waals surface area (Å²) in [4.78, 5) is 13.2. The van der Waals surface area contributed by atoms with Crippen LogP contribution >= 0.6 is 23.5 Å². The zero-order valence-corrected chi connectivity index (χ0v) is 16.0. The number of rotatable bonds is 7. The van der Waals surface area contributed by atoms with Gasteiger partial charge in [-0.3, -0.25) is 4.79 Å². The van der Waals surface area contributed by atoms with E-state index in [1.54, 1.807) is 6.08 Å². The van der Waals surface area contributed by atoms with Crippen LogP contribution in [0.25, 0.3) is 0 Å². The number of allylic oxidation sites excluding steroid dienone is 1. The number of anilines is 1. The molecule has 25 heavy (non-hydrogen) atoms. The molecule has 0 aliphatic carbocycles. The van der Waals surface area contributed by atoms with Gasteiger partial charge in [-0.1, -0.05) is 17.8 Å². The average molecular weight is 374 g/mol. The Morgan fingerprint density at radius 2 is 2.04 bits per heavy atom. The summed E-state index contributed by atoms with van der Waals surface area (Å²) in [7, 11) is 0. The van der Waals surface area contributed by atoms with E-state index >= 15 is 0 Å². The minimum absolute atomic E-state index is 0.109. The Hall–Kier alpha value is -2.24. The van der Waals surface area contributed by atoms with Crippen LogP contribution < -0.4 is 5.32 Å². The maximum atomic E-state index is 12.3. The van der Waals surface area contributed by atoms with Gasteiger partial charge in [0, 0.05) is 17.1 Å². The first kappa shape index (κ1) is 19.1. The molecule has 0 saturated carbocycles. The number of hydrogen-bond donors (Lipinski definition) is 1. The molecule has 0 unspecified atom stereocenters. The average Bonchev–Trinajstić information content (AvgIpc) is 2.90. The molecule has 2 rings (SSSR count). The smallest absolute Gasteiger partial charge is 0.234 e. The fraction of sp³-hybridized carbons (Fsp3) is 0.294. The maximum absolute atomic E-state index is 12.3. The number of thiocyanates is 1. The minimum Gasteiger partial charge on any atom is -0.325 e. The Bertz CT molecular complexity index is 815. The Morgan fingerprint density at radius 1 is 1.36 bits per heavy atom.